The van der Waals surface area contributed by atoms with Crippen LogP contribution in [0.3, 0.4) is 0 Å². The van der Waals surface area contributed by atoms with Gasteiger partial charge in [-0.1, -0.05) is 6.07 Å². The first kappa shape index (κ1) is 7.83. The first-order chi connectivity index (χ1) is 5.90. The molecule has 0 aliphatic rings. The van der Waals surface area contributed by atoms with E-state index in [0.29, 0.717) is 11.8 Å². The minimum Gasteiger partial charge on any atom is -0.439 e. The maximum absolute atomic E-state index is 5.55. The Bertz CT molecular complexity index is 355. The molecule has 0 aromatic carbocycles. The van der Waals surface area contributed by atoms with Crippen LogP contribution in [0.15, 0.2) is 28.1 Å². The van der Waals surface area contributed by atoms with Crippen LogP contribution >= 0.6 is 22.9 Å². The molecule has 0 atom stereocenters. The molecule has 0 amide bonds. The molecule has 2 aromatic rings. The molecule has 0 saturated heterocycles. The number of thiophene rings is 1. The van der Waals surface area contributed by atoms with Crippen molar-refractivity contribution in [2.24, 2.45) is 0 Å². The monoisotopic (exact) mass is 199 g/mol. The van der Waals surface area contributed by atoms with Gasteiger partial charge in [-0.25, -0.2) is 4.98 Å². The minimum atomic E-state index is 0.325. The van der Waals surface area contributed by atoms with Crippen LogP contribution in [0.4, 0.5) is 0 Å². The Morgan fingerprint density at radius 1 is 1.58 bits per heavy atom. The van der Waals surface area contributed by atoms with E-state index in [1.807, 2.05) is 17.5 Å². The summed E-state index contributed by atoms with van der Waals surface area (Å²) in [4.78, 5) is 5.08. The molecule has 2 rings (SSSR count). The zero-order valence-corrected chi connectivity index (χ0v) is 7.73. The van der Waals surface area contributed by atoms with Gasteiger partial charge < -0.3 is 4.42 Å². The summed E-state index contributed by atoms with van der Waals surface area (Å²) < 4.78 is 5.34. The van der Waals surface area contributed by atoms with Crippen LogP contribution < -0.4 is 0 Å². The third-order valence-electron chi connectivity index (χ3n) is 1.43. The number of oxazole rings is 1. The Morgan fingerprint density at radius 3 is 3.08 bits per heavy atom. The van der Waals surface area contributed by atoms with Crippen molar-refractivity contribution in [1.29, 1.82) is 0 Å². The molecule has 0 N–H and O–H groups in total. The Hall–Kier alpha value is -0.800. The van der Waals surface area contributed by atoms with Gasteiger partial charge in [0.2, 0.25) is 5.89 Å². The summed E-state index contributed by atoms with van der Waals surface area (Å²) in [7, 11) is 0. The SMILES string of the molecule is ClCc1ncc(-c2cccs2)o1. The maximum atomic E-state index is 5.55. The van der Waals surface area contributed by atoms with Gasteiger partial charge in [-0.2, -0.15) is 0 Å². The van der Waals surface area contributed by atoms with Crippen molar-refractivity contribution >= 4 is 22.9 Å². The molecule has 2 heterocycles. The van der Waals surface area contributed by atoms with Gasteiger partial charge >= 0.3 is 0 Å². The number of hydrogen-bond donors (Lipinski definition) is 0. The second-order valence-corrected chi connectivity index (χ2v) is 3.44. The molecule has 12 heavy (non-hydrogen) atoms. The van der Waals surface area contributed by atoms with E-state index in [1.54, 1.807) is 17.5 Å². The van der Waals surface area contributed by atoms with Crippen molar-refractivity contribution in [2.75, 3.05) is 0 Å². The summed E-state index contributed by atoms with van der Waals surface area (Å²) in [5, 5.41) is 2.00. The zero-order valence-electron chi connectivity index (χ0n) is 6.16. The van der Waals surface area contributed by atoms with Crippen LogP contribution in [0.1, 0.15) is 5.89 Å². The molecule has 0 saturated carbocycles. The zero-order chi connectivity index (χ0) is 8.39. The van der Waals surface area contributed by atoms with Crippen molar-refractivity contribution in [2.45, 2.75) is 5.88 Å². The highest BCUT2D eigenvalue weighted by molar-refractivity contribution is 7.13. The Balaban J connectivity index is 2.35. The number of hydrogen-bond acceptors (Lipinski definition) is 3. The van der Waals surface area contributed by atoms with E-state index in [9.17, 15) is 0 Å². The van der Waals surface area contributed by atoms with Gasteiger partial charge in [-0.3, -0.25) is 0 Å². The van der Waals surface area contributed by atoms with Gasteiger partial charge in [-0.05, 0) is 11.4 Å². The maximum Gasteiger partial charge on any atom is 0.209 e. The van der Waals surface area contributed by atoms with E-state index < -0.39 is 0 Å². The molecule has 0 aliphatic carbocycles. The van der Waals surface area contributed by atoms with Gasteiger partial charge in [0, 0.05) is 0 Å². The average molecular weight is 200 g/mol. The highest BCUT2D eigenvalue weighted by Crippen LogP contribution is 2.25. The summed E-state index contributed by atoms with van der Waals surface area (Å²) in [5.74, 6) is 1.69. The lowest BCUT2D eigenvalue weighted by Crippen LogP contribution is -1.70. The smallest absolute Gasteiger partial charge is 0.209 e. The summed E-state index contributed by atoms with van der Waals surface area (Å²) in [6.07, 6.45) is 1.70. The largest absolute Gasteiger partial charge is 0.439 e. The number of rotatable bonds is 2. The van der Waals surface area contributed by atoms with Crippen LogP contribution in [0.25, 0.3) is 10.6 Å². The lowest BCUT2D eigenvalue weighted by atomic mass is 10.4. The lowest BCUT2D eigenvalue weighted by molar-refractivity contribution is 0.530. The minimum absolute atomic E-state index is 0.325. The normalized spacial score (nSPS) is 10.4. The fourth-order valence-electron chi connectivity index (χ4n) is 0.905. The van der Waals surface area contributed by atoms with Crippen molar-refractivity contribution in [3.63, 3.8) is 0 Å². The molecule has 2 aromatic heterocycles. The van der Waals surface area contributed by atoms with Crippen molar-refractivity contribution in [1.82, 2.24) is 4.98 Å². The lowest BCUT2D eigenvalue weighted by Gasteiger charge is -1.86. The second-order valence-electron chi connectivity index (χ2n) is 2.23. The second kappa shape index (κ2) is 3.29. The number of halogens is 1. The van der Waals surface area contributed by atoms with Crippen molar-refractivity contribution < 1.29 is 4.42 Å². The molecule has 4 heteroatoms. The van der Waals surface area contributed by atoms with E-state index in [4.69, 9.17) is 16.0 Å². The summed E-state index contributed by atoms with van der Waals surface area (Å²) in [5.41, 5.74) is 0. The van der Waals surface area contributed by atoms with Gasteiger partial charge in [0.15, 0.2) is 5.76 Å². The van der Waals surface area contributed by atoms with Gasteiger partial charge in [0.25, 0.3) is 0 Å². The quantitative estimate of drug-likeness (QED) is 0.695. The molecule has 0 unspecified atom stereocenters. The molecule has 0 radical (unpaired) electrons. The van der Waals surface area contributed by atoms with Gasteiger partial charge in [0.1, 0.15) is 0 Å². The third kappa shape index (κ3) is 1.38. The standard InChI is InChI=1S/C8H6ClNOS/c9-4-8-10-5-6(11-8)7-2-1-3-12-7/h1-3,5H,4H2. The van der Waals surface area contributed by atoms with Crippen molar-refractivity contribution in [3.8, 4) is 10.6 Å². The van der Waals surface area contributed by atoms with E-state index in [2.05, 4.69) is 4.98 Å². The van der Waals surface area contributed by atoms with E-state index in [0.717, 1.165) is 10.6 Å². The number of aromatic nitrogens is 1. The highest BCUT2D eigenvalue weighted by Gasteiger charge is 2.05. The Morgan fingerprint density at radius 2 is 2.50 bits per heavy atom. The number of alkyl halides is 1. The molecule has 62 valence electrons. The predicted molar refractivity (Wildman–Crippen MR) is 49.4 cm³/mol. The van der Waals surface area contributed by atoms with E-state index in [-0.39, 0.29) is 0 Å². The first-order valence-corrected chi connectivity index (χ1v) is 4.86. The molecule has 2 nitrogen and oxygen atoms in total. The highest BCUT2D eigenvalue weighted by atomic mass is 35.5. The van der Waals surface area contributed by atoms with E-state index >= 15 is 0 Å². The molecular formula is C8H6ClNOS. The van der Waals surface area contributed by atoms with Crippen LogP contribution in [0, 0.1) is 0 Å². The summed E-state index contributed by atoms with van der Waals surface area (Å²) >= 11 is 7.17. The predicted octanol–water partition coefficient (Wildman–Crippen LogP) is 3.14. The van der Waals surface area contributed by atoms with Crippen LogP contribution in [-0.4, -0.2) is 4.98 Å². The average Bonchev–Trinajstić information content (AvgIpc) is 2.75. The Kier molecular flexibility index (Phi) is 2.15. The summed E-state index contributed by atoms with van der Waals surface area (Å²) in [6, 6.07) is 3.96. The van der Waals surface area contributed by atoms with Crippen LogP contribution in [0.2, 0.25) is 0 Å². The third-order valence-corrected chi connectivity index (χ3v) is 2.54. The Labute approximate surface area is 78.8 Å². The first-order valence-electron chi connectivity index (χ1n) is 3.44. The fourth-order valence-corrected chi connectivity index (χ4v) is 1.70. The summed E-state index contributed by atoms with van der Waals surface area (Å²) in [6.45, 7) is 0. The van der Waals surface area contributed by atoms with Crippen molar-refractivity contribution in [3.05, 3.63) is 29.6 Å². The molecule has 0 aliphatic heterocycles. The van der Waals surface area contributed by atoms with Gasteiger partial charge in [0.05, 0.1) is 17.0 Å². The molecule has 0 fully saturated rings. The molecular weight excluding hydrogens is 194 g/mol. The van der Waals surface area contributed by atoms with Gasteiger partial charge in [-0.15, -0.1) is 22.9 Å². The number of nitrogens with zero attached hydrogens (tertiary/aromatic N) is 1. The van der Waals surface area contributed by atoms with Crippen LogP contribution in [-0.2, 0) is 5.88 Å². The van der Waals surface area contributed by atoms with E-state index in [1.165, 1.54) is 0 Å². The molecule has 0 spiro atoms. The fraction of sp³-hybridized carbons (Fsp3) is 0.125. The topological polar surface area (TPSA) is 26.0 Å². The van der Waals surface area contributed by atoms with Crippen LogP contribution in [0.5, 0.6) is 0 Å². The molecule has 0 bridgehead atoms.